The van der Waals surface area contributed by atoms with Crippen molar-refractivity contribution in [2.75, 3.05) is 18.4 Å². The van der Waals surface area contributed by atoms with E-state index >= 15 is 0 Å². The Bertz CT molecular complexity index is 1410. The first kappa shape index (κ1) is 21.0. The van der Waals surface area contributed by atoms with Crippen LogP contribution in [0.25, 0.3) is 21.1 Å². The molecule has 4 heterocycles. The standard InChI is InChI=1S/C24H25N7O2S/c1-13(32)28-17-6-7-31(11-17)24(33)14-2-4-18-20(9-14)34-23-21(18)22(25-12-26-23)29-16-3-5-19-15(8-16)10-27-30-19/h3,5,8,10,12,14,17H,2,4,6-7,9,11H2,1H3,(H,27,30)(H,28,32)(H,25,26,29)/t14?,17-/m1/s1. The number of carbonyl (C=O) groups is 2. The number of carbonyl (C=O) groups excluding carboxylic acids is 2. The molecule has 10 heteroatoms. The zero-order valence-electron chi connectivity index (χ0n) is 18.8. The molecule has 3 aromatic heterocycles. The molecule has 1 aromatic carbocycles. The maximum atomic E-state index is 13.2. The number of aryl methyl sites for hydroxylation is 1. The van der Waals surface area contributed by atoms with Crippen LogP contribution in [0.4, 0.5) is 11.5 Å². The molecule has 6 rings (SSSR count). The summed E-state index contributed by atoms with van der Waals surface area (Å²) in [7, 11) is 0. The van der Waals surface area contributed by atoms with E-state index in [4.69, 9.17) is 0 Å². The number of H-pyrrole nitrogens is 1. The number of hydrogen-bond acceptors (Lipinski definition) is 7. The molecule has 1 unspecified atom stereocenters. The van der Waals surface area contributed by atoms with Crippen molar-refractivity contribution in [3.63, 3.8) is 0 Å². The molecule has 1 aliphatic carbocycles. The van der Waals surface area contributed by atoms with Gasteiger partial charge in [0.1, 0.15) is 17.0 Å². The predicted octanol–water partition coefficient (Wildman–Crippen LogP) is 3.15. The van der Waals surface area contributed by atoms with Crippen LogP contribution in [0, 0.1) is 5.92 Å². The van der Waals surface area contributed by atoms with E-state index in [1.165, 1.54) is 17.4 Å². The molecule has 2 atom stereocenters. The van der Waals surface area contributed by atoms with Crippen molar-refractivity contribution < 1.29 is 9.59 Å². The van der Waals surface area contributed by atoms with Gasteiger partial charge in [0.2, 0.25) is 11.8 Å². The van der Waals surface area contributed by atoms with Crippen molar-refractivity contribution in [1.82, 2.24) is 30.4 Å². The van der Waals surface area contributed by atoms with Crippen LogP contribution < -0.4 is 10.6 Å². The zero-order chi connectivity index (χ0) is 23.2. The minimum Gasteiger partial charge on any atom is -0.352 e. The molecule has 1 saturated heterocycles. The number of hydrogen-bond donors (Lipinski definition) is 3. The van der Waals surface area contributed by atoms with E-state index in [1.807, 2.05) is 23.1 Å². The maximum absolute atomic E-state index is 13.2. The third kappa shape index (κ3) is 3.77. The van der Waals surface area contributed by atoms with Crippen LogP contribution in [-0.2, 0) is 22.4 Å². The Morgan fingerprint density at radius 1 is 1.24 bits per heavy atom. The summed E-state index contributed by atoms with van der Waals surface area (Å²) in [6, 6.07) is 6.11. The average molecular weight is 476 g/mol. The fourth-order valence-electron chi connectivity index (χ4n) is 5.20. The predicted molar refractivity (Wildman–Crippen MR) is 131 cm³/mol. The highest BCUT2D eigenvalue weighted by Crippen LogP contribution is 2.41. The Labute approximate surface area is 200 Å². The summed E-state index contributed by atoms with van der Waals surface area (Å²) >= 11 is 1.67. The highest BCUT2D eigenvalue weighted by Gasteiger charge is 2.34. The number of amides is 2. The van der Waals surface area contributed by atoms with Crippen molar-refractivity contribution in [2.24, 2.45) is 5.92 Å². The highest BCUT2D eigenvalue weighted by atomic mass is 32.1. The summed E-state index contributed by atoms with van der Waals surface area (Å²) in [5.41, 5.74) is 3.19. The van der Waals surface area contributed by atoms with Gasteiger partial charge in [-0.05, 0) is 49.4 Å². The molecule has 9 nitrogen and oxygen atoms in total. The van der Waals surface area contributed by atoms with Crippen LogP contribution in [0.2, 0.25) is 0 Å². The van der Waals surface area contributed by atoms with Crippen molar-refractivity contribution in [3.8, 4) is 0 Å². The monoisotopic (exact) mass is 475 g/mol. The summed E-state index contributed by atoms with van der Waals surface area (Å²) < 4.78 is 0. The number of nitrogens with one attached hydrogen (secondary N) is 3. The number of aromatic nitrogens is 4. The van der Waals surface area contributed by atoms with Gasteiger partial charge in [0, 0.05) is 47.9 Å². The number of nitrogens with zero attached hydrogens (tertiary/aromatic N) is 4. The summed E-state index contributed by atoms with van der Waals surface area (Å²) in [4.78, 5) is 37.8. The molecule has 0 radical (unpaired) electrons. The SMILES string of the molecule is CC(=O)N[C@@H]1CCN(C(=O)C2CCc3c(sc4ncnc(Nc5ccc6[nH]ncc6c5)c34)C2)C1. The number of anilines is 2. The summed E-state index contributed by atoms with van der Waals surface area (Å²) in [6.07, 6.45) is 6.60. The van der Waals surface area contributed by atoms with Gasteiger partial charge >= 0.3 is 0 Å². The number of likely N-dealkylation sites (tertiary alicyclic amines) is 1. The Balaban J connectivity index is 1.23. The molecule has 4 aromatic rings. The number of benzene rings is 1. The van der Waals surface area contributed by atoms with Gasteiger partial charge in [0.15, 0.2) is 0 Å². The van der Waals surface area contributed by atoms with Gasteiger partial charge in [0.05, 0.1) is 17.1 Å². The molecule has 1 aliphatic heterocycles. The Morgan fingerprint density at radius 2 is 2.15 bits per heavy atom. The number of thiophene rings is 1. The Hall–Kier alpha value is -3.53. The van der Waals surface area contributed by atoms with E-state index in [0.29, 0.717) is 13.1 Å². The third-order valence-corrected chi connectivity index (χ3v) is 7.97. The fourth-order valence-corrected chi connectivity index (χ4v) is 6.46. The lowest BCUT2D eigenvalue weighted by Gasteiger charge is -2.26. The van der Waals surface area contributed by atoms with Crippen LogP contribution in [0.15, 0.2) is 30.7 Å². The van der Waals surface area contributed by atoms with E-state index in [1.54, 1.807) is 23.9 Å². The van der Waals surface area contributed by atoms with Crippen LogP contribution in [0.1, 0.15) is 30.2 Å². The smallest absolute Gasteiger partial charge is 0.226 e. The quantitative estimate of drug-likeness (QED) is 0.418. The highest BCUT2D eigenvalue weighted by molar-refractivity contribution is 7.19. The lowest BCUT2D eigenvalue weighted by atomic mass is 9.87. The molecule has 0 saturated carbocycles. The molecule has 2 amide bonds. The van der Waals surface area contributed by atoms with Crippen molar-refractivity contribution in [1.29, 1.82) is 0 Å². The second-order valence-electron chi connectivity index (χ2n) is 9.11. The first-order valence-electron chi connectivity index (χ1n) is 11.6. The van der Waals surface area contributed by atoms with Gasteiger partial charge in [-0.15, -0.1) is 11.3 Å². The molecular weight excluding hydrogens is 450 g/mol. The van der Waals surface area contributed by atoms with E-state index < -0.39 is 0 Å². The second-order valence-corrected chi connectivity index (χ2v) is 10.2. The normalized spacial score (nSPS) is 20.0. The topological polar surface area (TPSA) is 116 Å². The molecule has 174 valence electrons. The van der Waals surface area contributed by atoms with Gasteiger partial charge < -0.3 is 15.5 Å². The van der Waals surface area contributed by atoms with E-state index in [-0.39, 0.29) is 23.8 Å². The molecular formula is C24H25N7O2S. The second kappa shape index (κ2) is 8.35. The minimum absolute atomic E-state index is 0.0236. The number of rotatable bonds is 4. The van der Waals surface area contributed by atoms with Crippen molar-refractivity contribution in [3.05, 3.63) is 41.2 Å². The van der Waals surface area contributed by atoms with Crippen LogP contribution >= 0.6 is 11.3 Å². The van der Waals surface area contributed by atoms with Gasteiger partial charge in [-0.3, -0.25) is 14.7 Å². The van der Waals surface area contributed by atoms with Crippen LogP contribution in [0.5, 0.6) is 0 Å². The van der Waals surface area contributed by atoms with Crippen molar-refractivity contribution in [2.45, 2.75) is 38.6 Å². The van der Waals surface area contributed by atoms with Gasteiger partial charge in [-0.25, -0.2) is 9.97 Å². The van der Waals surface area contributed by atoms with Gasteiger partial charge in [0.25, 0.3) is 0 Å². The summed E-state index contributed by atoms with van der Waals surface area (Å²) in [6.45, 7) is 2.84. The van der Waals surface area contributed by atoms with Crippen LogP contribution in [0.3, 0.4) is 0 Å². The zero-order valence-corrected chi connectivity index (χ0v) is 19.6. The first-order valence-corrected chi connectivity index (χ1v) is 12.4. The Kier molecular flexibility index (Phi) is 5.17. The van der Waals surface area contributed by atoms with Crippen molar-refractivity contribution >= 4 is 55.8 Å². The molecule has 3 N–H and O–H groups in total. The van der Waals surface area contributed by atoms with Gasteiger partial charge in [-0.1, -0.05) is 0 Å². The van der Waals surface area contributed by atoms with E-state index in [2.05, 4.69) is 30.8 Å². The Morgan fingerprint density at radius 3 is 3.03 bits per heavy atom. The number of aromatic amines is 1. The van der Waals surface area contributed by atoms with E-state index in [9.17, 15) is 9.59 Å². The minimum atomic E-state index is -0.0397. The third-order valence-electron chi connectivity index (χ3n) is 6.80. The lowest BCUT2D eigenvalue weighted by molar-refractivity contribution is -0.135. The van der Waals surface area contributed by atoms with Crippen LogP contribution in [-0.4, -0.2) is 56.0 Å². The average Bonchev–Trinajstić information content (AvgIpc) is 3.55. The van der Waals surface area contributed by atoms with Gasteiger partial charge in [-0.2, -0.15) is 5.10 Å². The molecule has 34 heavy (non-hydrogen) atoms. The fraction of sp³-hybridized carbons (Fsp3) is 0.375. The first-order chi connectivity index (χ1) is 16.5. The molecule has 2 aliphatic rings. The molecule has 0 bridgehead atoms. The summed E-state index contributed by atoms with van der Waals surface area (Å²) in [5, 5.41) is 15.6. The molecule has 1 fully saturated rings. The number of fused-ring (bicyclic) bond motifs is 4. The molecule has 0 spiro atoms. The maximum Gasteiger partial charge on any atom is 0.226 e. The lowest BCUT2D eigenvalue weighted by Crippen LogP contribution is -2.40. The van der Waals surface area contributed by atoms with E-state index in [0.717, 1.165) is 58.3 Å². The summed E-state index contributed by atoms with van der Waals surface area (Å²) in [5.74, 6) is 0.938. The largest absolute Gasteiger partial charge is 0.352 e.